The Hall–Kier alpha value is -4.39. The lowest BCUT2D eigenvalue weighted by atomic mass is 9.76. The summed E-state index contributed by atoms with van der Waals surface area (Å²) in [6.07, 6.45) is 0.289. The van der Waals surface area contributed by atoms with E-state index in [4.69, 9.17) is 23.7 Å². The lowest BCUT2D eigenvalue weighted by Gasteiger charge is -2.33. The summed E-state index contributed by atoms with van der Waals surface area (Å²) in [5, 5.41) is 3.82. The van der Waals surface area contributed by atoms with Crippen LogP contribution in [0.2, 0.25) is 0 Å². The van der Waals surface area contributed by atoms with Crippen molar-refractivity contribution in [3.05, 3.63) is 119 Å². The van der Waals surface area contributed by atoms with Crippen LogP contribution in [0, 0.1) is 0 Å². The smallest absolute Gasteiger partial charge is 0.340 e. The van der Waals surface area contributed by atoms with Crippen LogP contribution in [-0.4, -0.2) is 44.6 Å². The van der Waals surface area contributed by atoms with Crippen LogP contribution >= 0.6 is 0 Å². The first-order chi connectivity index (χ1) is 19.7. The maximum Gasteiger partial charge on any atom is 0.340 e. The summed E-state index contributed by atoms with van der Waals surface area (Å²) < 4.78 is 29.6. The SMILES string of the molecule is O=C1OC(c2ccc(OCC3CO3)c3ccccc23)(c2ccc(OCC3CO3)c3ccccc23)c2ccccc21. The molecule has 3 aliphatic rings. The summed E-state index contributed by atoms with van der Waals surface area (Å²) in [7, 11) is 0. The predicted molar refractivity (Wildman–Crippen MR) is 150 cm³/mol. The molecule has 0 spiro atoms. The molecular weight excluding hydrogens is 504 g/mol. The zero-order valence-electron chi connectivity index (χ0n) is 21.7. The molecule has 2 unspecified atom stereocenters. The highest BCUT2D eigenvalue weighted by atomic mass is 16.6. The van der Waals surface area contributed by atoms with Crippen LogP contribution in [0.15, 0.2) is 97.1 Å². The monoisotopic (exact) mass is 530 g/mol. The molecule has 0 amide bonds. The van der Waals surface area contributed by atoms with E-state index in [1.54, 1.807) is 0 Å². The predicted octanol–water partition coefficient (Wildman–Crippen LogP) is 6.01. The topological polar surface area (TPSA) is 69.8 Å². The van der Waals surface area contributed by atoms with E-state index < -0.39 is 5.60 Å². The standard InChI is InChI=1S/C34H26O6/c35-33-27-11-5-6-12-28(27)34(40-33,29-13-15-31(38-19-21-17-36-21)25-9-3-1-7-23(25)29)30-14-16-32(39-20-22-18-37-22)26-10-4-2-8-24(26)30/h1-16,21-22H,17-20H2. The minimum Gasteiger partial charge on any atom is -0.490 e. The summed E-state index contributed by atoms with van der Waals surface area (Å²) in [6, 6.07) is 31.9. The van der Waals surface area contributed by atoms with Gasteiger partial charge in [-0.15, -0.1) is 0 Å². The number of hydrogen-bond donors (Lipinski definition) is 0. The van der Waals surface area contributed by atoms with Crippen LogP contribution in [-0.2, 0) is 19.8 Å². The Labute approximate surface area is 231 Å². The van der Waals surface area contributed by atoms with Crippen molar-refractivity contribution in [3.63, 3.8) is 0 Å². The number of cyclic esters (lactones) is 1. The third-order valence-corrected chi connectivity index (χ3v) is 7.95. The van der Waals surface area contributed by atoms with Gasteiger partial charge >= 0.3 is 5.97 Å². The Balaban J connectivity index is 1.38. The van der Waals surface area contributed by atoms with Gasteiger partial charge in [-0.3, -0.25) is 0 Å². The molecule has 5 aromatic carbocycles. The van der Waals surface area contributed by atoms with Crippen molar-refractivity contribution in [1.29, 1.82) is 0 Å². The molecule has 0 bridgehead atoms. The number of carbonyl (C=O) groups excluding carboxylic acids is 1. The van der Waals surface area contributed by atoms with E-state index in [2.05, 4.69) is 12.1 Å². The van der Waals surface area contributed by atoms with E-state index >= 15 is 0 Å². The second kappa shape index (κ2) is 9.08. The Morgan fingerprint density at radius 1 is 0.600 bits per heavy atom. The molecule has 8 rings (SSSR count). The number of esters is 1. The Kier molecular flexibility index (Phi) is 5.33. The Bertz CT molecular complexity index is 1690. The minimum absolute atomic E-state index is 0.144. The van der Waals surface area contributed by atoms with E-state index in [9.17, 15) is 4.79 Å². The zero-order valence-corrected chi connectivity index (χ0v) is 21.7. The van der Waals surface area contributed by atoms with Crippen LogP contribution in [0.5, 0.6) is 11.5 Å². The molecule has 0 aliphatic carbocycles. The fourth-order valence-electron chi connectivity index (χ4n) is 5.86. The maximum absolute atomic E-state index is 13.5. The van der Waals surface area contributed by atoms with Crippen molar-refractivity contribution in [1.82, 2.24) is 0 Å². The molecule has 6 nitrogen and oxygen atoms in total. The number of hydrogen-bond acceptors (Lipinski definition) is 6. The van der Waals surface area contributed by atoms with E-state index in [1.807, 2.05) is 84.9 Å². The molecular formula is C34H26O6. The Morgan fingerprint density at radius 2 is 1.07 bits per heavy atom. The van der Waals surface area contributed by atoms with Gasteiger partial charge in [0.05, 0.1) is 18.8 Å². The molecule has 6 heteroatoms. The second-order valence-corrected chi connectivity index (χ2v) is 10.5. The fraction of sp³-hybridized carbons (Fsp3) is 0.206. The number of benzene rings is 5. The van der Waals surface area contributed by atoms with Gasteiger partial charge in [-0.05, 0) is 41.1 Å². The second-order valence-electron chi connectivity index (χ2n) is 10.5. The van der Waals surface area contributed by atoms with Crippen LogP contribution in [0.4, 0.5) is 0 Å². The third-order valence-electron chi connectivity index (χ3n) is 7.95. The first kappa shape index (κ1) is 23.5. The molecule has 2 saturated heterocycles. The number of carbonyl (C=O) groups is 1. The quantitative estimate of drug-likeness (QED) is 0.181. The van der Waals surface area contributed by atoms with Gasteiger partial charge < -0.3 is 23.7 Å². The van der Waals surface area contributed by atoms with Gasteiger partial charge in [-0.1, -0.05) is 66.7 Å². The van der Waals surface area contributed by atoms with Crippen LogP contribution in [0.3, 0.4) is 0 Å². The van der Waals surface area contributed by atoms with Crippen molar-refractivity contribution in [2.24, 2.45) is 0 Å². The summed E-state index contributed by atoms with van der Waals surface area (Å²) in [6.45, 7) is 2.47. The highest BCUT2D eigenvalue weighted by molar-refractivity contribution is 6.02. The van der Waals surface area contributed by atoms with Crippen molar-refractivity contribution in [2.75, 3.05) is 26.4 Å². The van der Waals surface area contributed by atoms with Crippen LogP contribution in [0.25, 0.3) is 21.5 Å². The first-order valence-electron chi connectivity index (χ1n) is 13.6. The lowest BCUT2D eigenvalue weighted by molar-refractivity contribution is 0.0260. The normalized spacial score (nSPS) is 22.6. The lowest BCUT2D eigenvalue weighted by Crippen LogP contribution is -2.30. The average molecular weight is 531 g/mol. The number of rotatable bonds is 8. The van der Waals surface area contributed by atoms with Crippen LogP contribution in [0.1, 0.15) is 27.0 Å². The van der Waals surface area contributed by atoms with Crippen molar-refractivity contribution in [2.45, 2.75) is 17.8 Å². The molecule has 5 aromatic rings. The number of ether oxygens (including phenoxy) is 5. The van der Waals surface area contributed by atoms with Crippen molar-refractivity contribution >= 4 is 27.5 Å². The van der Waals surface area contributed by atoms with E-state index in [0.717, 1.165) is 62.9 Å². The molecule has 0 N–H and O–H groups in total. The van der Waals surface area contributed by atoms with Gasteiger partial charge in [-0.25, -0.2) is 4.79 Å². The molecule has 40 heavy (non-hydrogen) atoms. The molecule has 0 aromatic heterocycles. The molecule has 2 fully saturated rings. The summed E-state index contributed by atoms with van der Waals surface area (Å²) in [5.74, 6) is 1.21. The maximum atomic E-state index is 13.5. The van der Waals surface area contributed by atoms with Gasteiger partial charge in [0.2, 0.25) is 0 Å². The van der Waals surface area contributed by atoms with Crippen LogP contribution < -0.4 is 9.47 Å². The first-order valence-corrected chi connectivity index (χ1v) is 13.6. The molecule has 3 heterocycles. The third kappa shape index (κ3) is 3.75. The number of epoxide rings is 2. The average Bonchev–Trinajstić information content (AvgIpc) is 3.94. The van der Waals surface area contributed by atoms with Crippen molar-refractivity contribution in [3.8, 4) is 11.5 Å². The number of fused-ring (bicyclic) bond motifs is 3. The van der Waals surface area contributed by atoms with E-state index in [0.29, 0.717) is 18.8 Å². The molecule has 0 saturated carbocycles. The van der Waals surface area contributed by atoms with Crippen molar-refractivity contribution < 1.29 is 28.5 Å². The summed E-state index contributed by atoms with van der Waals surface area (Å²) >= 11 is 0. The van der Waals surface area contributed by atoms with Gasteiger partial charge in [-0.2, -0.15) is 0 Å². The zero-order chi connectivity index (χ0) is 26.7. The summed E-state index contributed by atoms with van der Waals surface area (Å²) in [5.41, 5.74) is 1.95. The highest BCUT2D eigenvalue weighted by Crippen LogP contribution is 2.52. The highest BCUT2D eigenvalue weighted by Gasteiger charge is 2.50. The van der Waals surface area contributed by atoms with Gasteiger partial charge in [0, 0.05) is 27.5 Å². The molecule has 198 valence electrons. The van der Waals surface area contributed by atoms with E-state index in [-0.39, 0.29) is 18.2 Å². The summed E-state index contributed by atoms with van der Waals surface area (Å²) in [4.78, 5) is 13.5. The van der Waals surface area contributed by atoms with E-state index in [1.165, 1.54) is 0 Å². The fourth-order valence-corrected chi connectivity index (χ4v) is 5.86. The van der Waals surface area contributed by atoms with Gasteiger partial charge in [0.15, 0.2) is 5.60 Å². The van der Waals surface area contributed by atoms with Gasteiger partial charge in [0.1, 0.15) is 36.9 Å². The molecule has 2 atom stereocenters. The molecule has 0 radical (unpaired) electrons. The largest absolute Gasteiger partial charge is 0.490 e. The Morgan fingerprint density at radius 3 is 1.60 bits per heavy atom. The minimum atomic E-state index is -1.18. The molecule has 3 aliphatic heterocycles. The van der Waals surface area contributed by atoms with Gasteiger partial charge in [0.25, 0.3) is 0 Å².